The van der Waals surface area contributed by atoms with Gasteiger partial charge in [-0.2, -0.15) is 0 Å². The number of hydrogen-bond acceptors (Lipinski definition) is 6. The number of hydrogen-bond donors (Lipinski definition) is 0. The highest BCUT2D eigenvalue weighted by Gasteiger charge is 2.38. The fourth-order valence-electron chi connectivity index (χ4n) is 2.64. The second-order valence-electron chi connectivity index (χ2n) is 6.79. The van der Waals surface area contributed by atoms with Crippen LogP contribution < -0.4 is 0 Å². The minimum atomic E-state index is -0.871. The van der Waals surface area contributed by atoms with Gasteiger partial charge in [0.15, 0.2) is 0 Å². The van der Waals surface area contributed by atoms with E-state index in [1.54, 1.807) is 33.8 Å². The number of amides is 1. The fraction of sp³-hybridized carbons (Fsp3) is 0.529. The van der Waals surface area contributed by atoms with Crippen LogP contribution in [0.3, 0.4) is 0 Å². The Bertz CT molecular complexity index is 695. The molecule has 0 saturated heterocycles. The molecule has 0 unspecified atom stereocenters. The van der Waals surface area contributed by atoms with Crippen molar-refractivity contribution in [1.29, 1.82) is 0 Å². The maximum Gasteiger partial charge on any atom is 0.411 e. The number of rotatable bonds is 3. The molecular formula is C17H22N2O6. The average molecular weight is 350 g/mol. The summed E-state index contributed by atoms with van der Waals surface area (Å²) in [6.45, 7) is 7.21. The first-order valence-corrected chi connectivity index (χ1v) is 8.05. The molecule has 1 aromatic carbocycles. The van der Waals surface area contributed by atoms with Crippen LogP contribution in [-0.2, 0) is 27.2 Å². The van der Waals surface area contributed by atoms with Gasteiger partial charge in [0.1, 0.15) is 11.6 Å². The summed E-state index contributed by atoms with van der Waals surface area (Å²) in [7, 11) is 0. The van der Waals surface area contributed by atoms with Gasteiger partial charge in [0.25, 0.3) is 5.69 Å². The monoisotopic (exact) mass is 350 g/mol. The Morgan fingerprint density at radius 2 is 2.00 bits per heavy atom. The molecule has 0 N–H and O–H groups in total. The normalized spacial score (nSPS) is 16.8. The van der Waals surface area contributed by atoms with Crippen molar-refractivity contribution in [3.63, 3.8) is 0 Å². The summed E-state index contributed by atoms with van der Waals surface area (Å²) < 4.78 is 10.4. The van der Waals surface area contributed by atoms with Gasteiger partial charge in [0.05, 0.1) is 18.1 Å². The molecule has 1 aliphatic rings. The van der Waals surface area contributed by atoms with E-state index >= 15 is 0 Å². The van der Waals surface area contributed by atoms with E-state index in [1.165, 1.54) is 17.0 Å². The molecule has 1 aromatic rings. The quantitative estimate of drug-likeness (QED) is 0.472. The van der Waals surface area contributed by atoms with Crippen LogP contribution >= 0.6 is 0 Å². The summed E-state index contributed by atoms with van der Waals surface area (Å²) in [5.74, 6) is -0.550. The van der Waals surface area contributed by atoms with Gasteiger partial charge in [-0.25, -0.2) is 9.59 Å². The van der Waals surface area contributed by atoms with Crippen molar-refractivity contribution in [1.82, 2.24) is 4.90 Å². The molecule has 0 fully saturated rings. The molecule has 8 nitrogen and oxygen atoms in total. The van der Waals surface area contributed by atoms with Crippen LogP contribution in [0.15, 0.2) is 18.2 Å². The lowest BCUT2D eigenvalue weighted by Crippen LogP contribution is -2.50. The Morgan fingerprint density at radius 1 is 1.32 bits per heavy atom. The lowest BCUT2D eigenvalue weighted by molar-refractivity contribution is -0.384. The third-order valence-corrected chi connectivity index (χ3v) is 3.72. The largest absolute Gasteiger partial charge is 0.464 e. The molecule has 25 heavy (non-hydrogen) atoms. The molecular weight excluding hydrogens is 328 g/mol. The van der Waals surface area contributed by atoms with Gasteiger partial charge in [-0.1, -0.05) is 6.07 Å². The second-order valence-corrected chi connectivity index (χ2v) is 6.79. The summed E-state index contributed by atoms with van der Waals surface area (Å²) in [5, 5.41) is 11.0. The highest BCUT2D eigenvalue weighted by atomic mass is 16.6. The molecule has 0 radical (unpaired) electrons. The summed E-state index contributed by atoms with van der Waals surface area (Å²) in [6, 6.07) is 3.56. The molecule has 0 spiro atoms. The van der Waals surface area contributed by atoms with E-state index in [2.05, 4.69) is 0 Å². The molecule has 0 aromatic heterocycles. The van der Waals surface area contributed by atoms with E-state index in [9.17, 15) is 19.7 Å². The maximum absolute atomic E-state index is 12.5. The lowest BCUT2D eigenvalue weighted by Gasteiger charge is -2.36. The Morgan fingerprint density at radius 3 is 2.56 bits per heavy atom. The number of nitrogens with zero attached hydrogens (tertiary/aromatic N) is 2. The Kier molecular flexibility index (Phi) is 5.30. The van der Waals surface area contributed by atoms with Crippen LogP contribution in [0.25, 0.3) is 0 Å². The summed E-state index contributed by atoms with van der Waals surface area (Å²) >= 11 is 0. The Hall–Kier alpha value is -2.64. The van der Waals surface area contributed by atoms with E-state index in [-0.39, 0.29) is 25.3 Å². The van der Waals surface area contributed by atoms with E-state index in [4.69, 9.17) is 9.47 Å². The highest BCUT2D eigenvalue weighted by molar-refractivity contribution is 5.82. The van der Waals surface area contributed by atoms with E-state index in [1.807, 2.05) is 0 Å². The third kappa shape index (κ3) is 4.46. The predicted octanol–water partition coefficient (Wildman–Crippen LogP) is 2.82. The minimum absolute atomic E-state index is 0.0490. The molecule has 8 heteroatoms. The van der Waals surface area contributed by atoms with E-state index in [0.29, 0.717) is 5.56 Å². The van der Waals surface area contributed by atoms with Crippen LogP contribution in [0.4, 0.5) is 10.5 Å². The zero-order valence-electron chi connectivity index (χ0n) is 14.8. The molecule has 2 rings (SSSR count). The van der Waals surface area contributed by atoms with Crippen molar-refractivity contribution < 1.29 is 24.0 Å². The van der Waals surface area contributed by atoms with E-state index < -0.39 is 28.6 Å². The maximum atomic E-state index is 12.5. The molecule has 1 heterocycles. The van der Waals surface area contributed by atoms with E-state index in [0.717, 1.165) is 5.56 Å². The summed E-state index contributed by atoms with van der Waals surface area (Å²) in [4.78, 5) is 36.6. The number of nitro groups is 1. The summed E-state index contributed by atoms with van der Waals surface area (Å²) in [5.41, 5.74) is 0.655. The molecule has 0 bridgehead atoms. The highest BCUT2D eigenvalue weighted by Crippen LogP contribution is 2.28. The number of nitro benzene ring substituents is 1. The predicted molar refractivity (Wildman–Crippen MR) is 89.0 cm³/mol. The molecule has 136 valence electrons. The molecule has 1 amide bonds. The smallest absolute Gasteiger partial charge is 0.411 e. The first-order chi connectivity index (χ1) is 11.6. The number of ether oxygens (including phenoxy) is 2. The minimum Gasteiger partial charge on any atom is -0.464 e. The molecule has 0 aliphatic carbocycles. The first-order valence-electron chi connectivity index (χ1n) is 8.05. The Labute approximate surface area is 145 Å². The van der Waals surface area contributed by atoms with Crippen LogP contribution in [0.2, 0.25) is 0 Å². The molecule has 1 atom stereocenters. The topological polar surface area (TPSA) is 99.0 Å². The number of carbonyl (C=O) groups excluding carboxylic acids is 2. The van der Waals surface area contributed by atoms with Gasteiger partial charge in [-0.15, -0.1) is 0 Å². The fourth-order valence-corrected chi connectivity index (χ4v) is 2.64. The standard InChI is InChI=1S/C17H22N2O6/c1-5-24-15(20)14-9-12-8-13(19(22)23)7-6-11(12)10-18(14)16(21)25-17(2,3)4/h6-8,14H,5,9-10H2,1-4H3/t14-/m0/s1. The van der Waals surface area contributed by atoms with Crippen LogP contribution in [0.1, 0.15) is 38.8 Å². The van der Waals surface area contributed by atoms with Gasteiger partial charge in [0, 0.05) is 18.6 Å². The van der Waals surface area contributed by atoms with Gasteiger partial charge < -0.3 is 9.47 Å². The number of non-ortho nitro benzene ring substituents is 1. The van der Waals surface area contributed by atoms with Gasteiger partial charge in [-0.3, -0.25) is 15.0 Å². The van der Waals surface area contributed by atoms with Crippen LogP contribution in [0.5, 0.6) is 0 Å². The number of carbonyl (C=O) groups is 2. The summed E-state index contributed by atoms with van der Waals surface area (Å²) in [6.07, 6.45) is -0.468. The van der Waals surface area contributed by atoms with Crippen molar-refractivity contribution in [2.24, 2.45) is 0 Å². The Balaban J connectivity index is 2.35. The average Bonchev–Trinajstić information content (AvgIpc) is 2.51. The number of fused-ring (bicyclic) bond motifs is 1. The van der Waals surface area contributed by atoms with Gasteiger partial charge in [0.2, 0.25) is 0 Å². The first kappa shape index (κ1) is 18.7. The van der Waals surface area contributed by atoms with Gasteiger partial charge in [-0.05, 0) is 38.8 Å². The number of benzene rings is 1. The van der Waals surface area contributed by atoms with Crippen molar-refractivity contribution >= 4 is 17.7 Å². The van der Waals surface area contributed by atoms with Crippen LogP contribution in [0, 0.1) is 10.1 Å². The zero-order valence-corrected chi connectivity index (χ0v) is 14.8. The van der Waals surface area contributed by atoms with Crippen molar-refractivity contribution in [3.05, 3.63) is 39.4 Å². The third-order valence-electron chi connectivity index (χ3n) is 3.72. The SMILES string of the molecule is CCOC(=O)[C@@H]1Cc2cc([N+](=O)[O-])ccc2CN1C(=O)OC(C)(C)C. The second kappa shape index (κ2) is 7.08. The van der Waals surface area contributed by atoms with Crippen molar-refractivity contribution in [2.45, 2.75) is 52.3 Å². The molecule has 1 aliphatic heterocycles. The zero-order chi connectivity index (χ0) is 18.8. The van der Waals surface area contributed by atoms with Crippen LogP contribution in [-0.4, -0.2) is 40.1 Å². The van der Waals surface area contributed by atoms with Gasteiger partial charge >= 0.3 is 12.1 Å². The number of esters is 1. The van der Waals surface area contributed by atoms with Crippen molar-refractivity contribution in [2.75, 3.05) is 6.61 Å². The lowest BCUT2D eigenvalue weighted by atomic mass is 9.93. The molecule has 0 saturated carbocycles. The van der Waals surface area contributed by atoms with Crippen molar-refractivity contribution in [3.8, 4) is 0 Å².